The molecule has 0 rings (SSSR count). The van der Waals surface area contributed by atoms with E-state index in [1.54, 1.807) is 0 Å². The van der Waals surface area contributed by atoms with Crippen LogP contribution in [0.3, 0.4) is 0 Å². The van der Waals surface area contributed by atoms with Crippen LogP contribution in [0.1, 0.15) is 11.4 Å². The van der Waals surface area contributed by atoms with Gasteiger partial charge in [0.15, 0.2) is 0 Å². The Bertz CT molecular complexity index is 333. The molecule has 0 radical (unpaired) electrons. The maximum absolute atomic E-state index is 10.3. The van der Waals surface area contributed by atoms with E-state index in [-0.39, 0.29) is 207 Å². The molecule has 0 aromatic heterocycles. The summed E-state index contributed by atoms with van der Waals surface area (Å²) in [5.74, 6) is -4.41. The first-order valence-corrected chi connectivity index (χ1v) is 5.66. The van der Waals surface area contributed by atoms with Crippen LogP contribution < -0.4 is 0 Å². The summed E-state index contributed by atoms with van der Waals surface area (Å²) in [7, 11) is -10.5. The fraction of sp³-hybridized carbons (Fsp3) is 0. The Labute approximate surface area is 274 Å². The van der Waals surface area contributed by atoms with Crippen molar-refractivity contribution < 1.29 is 58.8 Å². The number of hydrogen-bond acceptors (Lipinski definition) is 6. The van der Waals surface area contributed by atoms with Gasteiger partial charge < -0.3 is 20.5 Å². The van der Waals surface area contributed by atoms with Crippen molar-refractivity contribution in [3.8, 4) is 0 Å². The number of hydrogen-bond donors (Lipinski definition) is 4. The summed E-state index contributed by atoms with van der Waals surface area (Å²) in [6, 6.07) is 0. The third kappa shape index (κ3) is 23.8. The third-order valence-electron chi connectivity index (χ3n) is 0.570. The summed E-state index contributed by atoms with van der Waals surface area (Å²) in [5, 5.41) is 0. The third-order valence-corrected chi connectivity index (χ3v) is 1.38. The van der Waals surface area contributed by atoms with Gasteiger partial charge in [0, 0.05) is 0 Å². The first-order valence-electron chi connectivity index (χ1n) is 2.60. The topological polar surface area (TPSA) is 168 Å². The Morgan fingerprint density at radius 2 is 0.889 bits per heavy atom. The molecule has 0 fully saturated rings. The number of carbonyl (C=O) groups excluding carboxylic acids is 2. The molecule has 16 heteroatoms. The van der Waals surface area contributed by atoms with Gasteiger partial charge in [-0.15, -0.1) is 0 Å². The molecule has 98 valence electrons. The fourth-order valence-corrected chi connectivity index (χ4v) is 0.872. The van der Waals surface area contributed by atoms with Gasteiger partial charge in [0.2, 0.25) is 0 Å². The molecule has 4 N–H and O–H groups in total. The molecule has 0 aromatic rings. The number of phosphoric ester groups is 2. The second-order valence-corrected chi connectivity index (χ2v) is 4.07. The van der Waals surface area contributed by atoms with Crippen molar-refractivity contribution in [1.82, 2.24) is 0 Å². The van der Waals surface area contributed by atoms with Crippen LogP contribution in [0.4, 0.5) is 0 Å². The van der Waals surface area contributed by atoms with E-state index in [0.717, 1.165) is 0 Å². The number of phosphoric acid groups is 2. The number of rotatable bonds is 2. The molecule has 18 heavy (non-hydrogen) atoms. The predicted octanol–water partition coefficient (Wildman–Crippen LogP) is -2.37. The molecular formula is C2H12Ba4O10P2. The van der Waals surface area contributed by atoms with Crippen molar-refractivity contribution in [2.45, 2.75) is 0 Å². The molecule has 0 bridgehead atoms. The van der Waals surface area contributed by atoms with Crippen LogP contribution in [0.5, 0.6) is 0 Å². The van der Waals surface area contributed by atoms with Gasteiger partial charge in [0.25, 0.3) is 0 Å². The minimum Gasteiger partial charge on any atom is -1.00 e. The molecule has 0 heterocycles. The summed E-state index contributed by atoms with van der Waals surface area (Å²) in [5.41, 5.74) is 0. The van der Waals surface area contributed by atoms with Crippen LogP contribution in [-0.2, 0) is 27.8 Å². The summed E-state index contributed by atoms with van der Waals surface area (Å²) >= 11 is 0. The number of carbonyl (C=O) groups is 2. The Hall–Kier alpha value is 5.53. The molecule has 0 aromatic carbocycles. The van der Waals surface area contributed by atoms with E-state index < -0.39 is 27.6 Å². The summed E-state index contributed by atoms with van der Waals surface area (Å²) in [4.78, 5) is 52.6. The Morgan fingerprint density at radius 1 is 0.722 bits per heavy atom. The van der Waals surface area contributed by atoms with Crippen molar-refractivity contribution >= 4 is 223 Å². The molecule has 0 amide bonds. The van der Waals surface area contributed by atoms with E-state index in [1.807, 2.05) is 0 Å². The van der Waals surface area contributed by atoms with Gasteiger partial charge in [-0.05, 0) is 0 Å². The van der Waals surface area contributed by atoms with Gasteiger partial charge in [-0.3, -0.25) is 19.6 Å². The van der Waals surface area contributed by atoms with E-state index in [0.29, 0.717) is 0 Å². The quantitative estimate of drug-likeness (QED) is 0.135. The molecule has 0 spiro atoms. The molecule has 0 aliphatic rings. The summed E-state index contributed by atoms with van der Waals surface area (Å²) in [6.45, 7) is 0. The maximum Gasteiger partial charge on any atom is 2.00 e. The summed E-state index contributed by atoms with van der Waals surface area (Å²) < 4.78 is 26.2. The van der Waals surface area contributed by atoms with Crippen LogP contribution in [-0.4, -0.2) is 227 Å². The van der Waals surface area contributed by atoms with Crippen molar-refractivity contribution in [1.29, 1.82) is 0 Å². The van der Waals surface area contributed by atoms with Crippen LogP contribution in [0, 0.1) is 0 Å². The summed E-state index contributed by atoms with van der Waals surface area (Å²) in [6.07, 6.45) is 0. The van der Waals surface area contributed by atoms with Crippen LogP contribution in [0.25, 0.3) is 0 Å². The molecule has 0 aliphatic carbocycles. The SMILES string of the molecule is O=C(OP(=O)(O)O)C(=O)OP(=O)(O)O.[Ba+2].[Ba+2].[Ba+2].[Ba+2].[H-].[H-].[H-].[H-].[H-].[H-].[H-].[H-]. The predicted molar refractivity (Wildman–Crippen MR) is 68.2 cm³/mol. The standard InChI is InChI=1S/C2H4O10P2.4Ba.8H/c3-1(11-13(5,6)7)2(4)12-14(8,9)10;;;;;;;;;;;;/h(H2,5,6,7)(H2,8,9,10);;;;;;;;;;;;/q;4*+2;8*-1. The van der Waals surface area contributed by atoms with E-state index in [4.69, 9.17) is 19.6 Å². The average molecular weight is 807 g/mol. The van der Waals surface area contributed by atoms with E-state index in [1.165, 1.54) is 0 Å². The first kappa shape index (κ1) is 34.8. The molecule has 0 atom stereocenters. The normalized spacial score (nSPS) is 9.33. The van der Waals surface area contributed by atoms with Crippen molar-refractivity contribution in [3.05, 3.63) is 0 Å². The van der Waals surface area contributed by atoms with Crippen molar-refractivity contribution in [2.75, 3.05) is 0 Å². The van der Waals surface area contributed by atoms with Gasteiger partial charge in [-0.25, -0.2) is 18.7 Å². The molecule has 10 nitrogen and oxygen atoms in total. The second kappa shape index (κ2) is 16.0. The van der Waals surface area contributed by atoms with Crippen LogP contribution in [0.15, 0.2) is 0 Å². The zero-order valence-electron chi connectivity index (χ0n) is 17.0. The van der Waals surface area contributed by atoms with Gasteiger partial charge >= 0.3 is 223 Å². The average Bonchev–Trinajstić information content (AvgIpc) is 1.78. The van der Waals surface area contributed by atoms with Gasteiger partial charge in [0.1, 0.15) is 0 Å². The van der Waals surface area contributed by atoms with E-state index in [2.05, 4.69) is 9.05 Å². The van der Waals surface area contributed by atoms with E-state index in [9.17, 15) is 18.7 Å². The Balaban J connectivity index is -0.0000000128. The minimum absolute atomic E-state index is 0. The van der Waals surface area contributed by atoms with E-state index >= 15 is 0 Å². The van der Waals surface area contributed by atoms with Crippen LogP contribution >= 0.6 is 15.6 Å². The van der Waals surface area contributed by atoms with Crippen LogP contribution in [0.2, 0.25) is 0 Å². The zero-order valence-corrected chi connectivity index (χ0v) is 28.5. The second-order valence-electron chi connectivity index (χ2n) is 1.74. The monoisotopic (exact) mass is 810 g/mol. The minimum atomic E-state index is -5.24. The molecule has 0 aliphatic heterocycles. The molecule has 0 unspecified atom stereocenters. The fourth-order valence-electron chi connectivity index (χ4n) is 0.291. The Morgan fingerprint density at radius 3 is 1.00 bits per heavy atom. The first-order chi connectivity index (χ1) is 6.01. The van der Waals surface area contributed by atoms with Gasteiger partial charge in [0.05, 0.1) is 0 Å². The van der Waals surface area contributed by atoms with Crippen molar-refractivity contribution in [3.63, 3.8) is 0 Å². The molecular weight excluding hydrogens is 795 g/mol. The zero-order chi connectivity index (χ0) is 11.6. The van der Waals surface area contributed by atoms with Crippen molar-refractivity contribution in [2.24, 2.45) is 0 Å². The molecule has 0 saturated carbocycles. The smallest absolute Gasteiger partial charge is 1.00 e. The Kier molecular flexibility index (Phi) is 31.0. The maximum atomic E-state index is 10.3. The van der Waals surface area contributed by atoms with Gasteiger partial charge in [-0.1, -0.05) is 0 Å². The van der Waals surface area contributed by atoms with Gasteiger partial charge in [-0.2, -0.15) is 0 Å². The largest absolute Gasteiger partial charge is 2.00 e. The molecule has 0 saturated heterocycles.